The van der Waals surface area contributed by atoms with Crippen LogP contribution in [0.1, 0.15) is 13.8 Å². The van der Waals surface area contributed by atoms with E-state index in [9.17, 15) is 9.59 Å². The van der Waals surface area contributed by atoms with E-state index in [0.29, 0.717) is 0 Å². The van der Waals surface area contributed by atoms with Gasteiger partial charge in [0.25, 0.3) is 0 Å². The predicted molar refractivity (Wildman–Crippen MR) is 29.7 cm³/mol. The third-order valence-corrected chi connectivity index (χ3v) is 0. The van der Waals surface area contributed by atoms with E-state index in [-0.39, 0.29) is 11.8 Å². The highest BCUT2D eigenvalue weighted by Gasteiger charge is 1.61. The average Bonchev–Trinajstić information content (AvgIpc) is 1.25. The molecule has 0 rings (SSSR count). The molecule has 0 radical (unpaired) electrons. The molecule has 0 aliphatic heterocycles. The first-order chi connectivity index (χ1) is 3.46. The number of nitrogens with two attached hydrogens (primary N) is 2. The average molecular weight is 118 g/mol. The molecule has 0 spiro atoms. The lowest BCUT2D eigenvalue weighted by Gasteiger charge is -1.60. The molecule has 0 aromatic carbocycles. The zero-order valence-corrected chi connectivity index (χ0v) is 4.97. The zero-order valence-electron chi connectivity index (χ0n) is 4.97. The lowest BCUT2D eigenvalue weighted by atomic mass is 10.8. The molecule has 0 atom stereocenters. The van der Waals surface area contributed by atoms with E-state index in [1.165, 1.54) is 13.8 Å². The van der Waals surface area contributed by atoms with Gasteiger partial charge in [-0.15, -0.1) is 0 Å². The number of hydrogen-bond donors (Lipinski definition) is 2. The fourth-order valence-corrected chi connectivity index (χ4v) is 0. The quantitative estimate of drug-likeness (QED) is 0.426. The first-order valence-corrected chi connectivity index (χ1v) is 1.99. The summed E-state index contributed by atoms with van der Waals surface area (Å²) < 4.78 is 0. The van der Waals surface area contributed by atoms with Gasteiger partial charge in [-0.1, -0.05) is 0 Å². The first kappa shape index (κ1) is 10.0. The van der Waals surface area contributed by atoms with Crippen molar-refractivity contribution in [3.05, 3.63) is 0 Å². The van der Waals surface area contributed by atoms with E-state index < -0.39 is 0 Å². The highest BCUT2D eigenvalue weighted by atomic mass is 16.1. The largest absolute Gasteiger partial charge is 0.370 e. The van der Waals surface area contributed by atoms with Crippen LogP contribution in [0.15, 0.2) is 0 Å². The SMILES string of the molecule is CC(N)=O.CC(N)=O. The van der Waals surface area contributed by atoms with Crippen molar-refractivity contribution < 1.29 is 9.59 Å². The second-order valence-corrected chi connectivity index (χ2v) is 1.22. The maximum Gasteiger partial charge on any atom is 0.214 e. The number of rotatable bonds is 0. The Morgan fingerprint density at radius 3 is 1.00 bits per heavy atom. The van der Waals surface area contributed by atoms with Gasteiger partial charge in [-0.25, -0.2) is 0 Å². The van der Waals surface area contributed by atoms with Crippen LogP contribution in [0.2, 0.25) is 0 Å². The van der Waals surface area contributed by atoms with Gasteiger partial charge in [-0.05, 0) is 0 Å². The standard InChI is InChI=1S/2C2H5NO/c2*1-2(3)4/h2*1H3,(H2,3,4). The van der Waals surface area contributed by atoms with Gasteiger partial charge in [0, 0.05) is 13.8 Å². The number of hydrogen-bond acceptors (Lipinski definition) is 2. The summed E-state index contributed by atoms with van der Waals surface area (Å²) >= 11 is 0. The molecule has 4 nitrogen and oxygen atoms in total. The van der Waals surface area contributed by atoms with Crippen molar-refractivity contribution >= 4 is 11.8 Å². The minimum absolute atomic E-state index is 0.333. The monoisotopic (exact) mass is 118 g/mol. The summed E-state index contributed by atoms with van der Waals surface area (Å²) in [4.78, 5) is 18.4. The van der Waals surface area contributed by atoms with Gasteiger partial charge < -0.3 is 11.5 Å². The summed E-state index contributed by atoms with van der Waals surface area (Å²) in [7, 11) is 0. The molecule has 48 valence electrons. The first-order valence-electron chi connectivity index (χ1n) is 1.99. The summed E-state index contributed by atoms with van der Waals surface area (Å²) in [5.41, 5.74) is 8.94. The van der Waals surface area contributed by atoms with Crippen LogP contribution in [-0.4, -0.2) is 11.8 Å². The van der Waals surface area contributed by atoms with Gasteiger partial charge in [-0.3, -0.25) is 9.59 Å². The van der Waals surface area contributed by atoms with Crippen LogP contribution >= 0.6 is 0 Å². The van der Waals surface area contributed by atoms with Gasteiger partial charge in [0.05, 0.1) is 0 Å². The van der Waals surface area contributed by atoms with Crippen LogP contribution in [-0.2, 0) is 9.59 Å². The van der Waals surface area contributed by atoms with E-state index in [1.807, 2.05) is 0 Å². The van der Waals surface area contributed by atoms with Crippen LogP contribution in [0.4, 0.5) is 0 Å². The molecular formula is C4H10N2O2. The van der Waals surface area contributed by atoms with E-state index in [1.54, 1.807) is 0 Å². The summed E-state index contributed by atoms with van der Waals surface area (Å²) in [6.07, 6.45) is 0. The Balaban J connectivity index is 0. The highest BCUT2D eigenvalue weighted by Crippen LogP contribution is 1.33. The lowest BCUT2D eigenvalue weighted by Crippen LogP contribution is -2.01. The number of primary amides is 2. The van der Waals surface area contributed by atoms with Crippen LogP contribution in [0.3, 0.4) is 0 Å². The number of carbonyl (C=O) groups excluding carboxylic acids is 2. The third-order valence-electron chi connectivity index (χ3n) is 0. The maximum atomic E-state index is 9.22. The van der Waals surface area contributed by atoms with Gasteiger partial charge in [-0.2, -0.15) is 0 Å². The summed E-state index contributed by atoms with van der Waals surface area (Å²) in [5.74, 6) is -0.667. The third kappa shape index (κ3) is 68.3. The van der Waals surface area contributed by atoms with E-state index in [2.05, 4.69) is 11.5 Å². The van der Waals surface area contributed by atoms with Crippen LogP contribution in [0.5, 0.6) is 0 Å². The molecule has 0 aliphatic rings. The Labute approximate surface area is 47.8 Å². The highest BCUT2D eigenvalue weighted by molar-refractivity contribution is 5.70. The van der Waals surface area contributed by atoms with Crippen molar-refractivity contribution in [1.29, 1.82) is 0 Å². The maximum absolute atomic E-state index is 9.22. The zero-order chi connectivity index (χ0) is 7.15. The Kier molecular flexibility index (Phi) is 7.45. The van der Waals surface area contributed by atoms with Crippen molar-refractivity contribution in [2.45, 2.75) is 13.8 Å². The summed E-state index contributed by atoms with van der Waals surface area (Å²) in [5, 5.41) is 0. The van der Waals surface area contributed by atoms with Gasteiger partial charge in [0.15, 0.2) is 0 Å². The molecule has 4 N–H and O–H groups in total. The van der Waals surface area contributed by atoms with Gasteiger partial charge >= 0.3 is 0 Å². The van der Waals surface area contributed by atoms with Crippen LogP contribution in [0, 0.1) is 0 Å². The van der Waals surface area contributed by atoms with Crippen molar-refractivity contribution in [3.8, 4) is 0 Å². The summed E-state index contributed by atoms with van der Waals surface area (Å²) in [6, 6.07) is 0. The van der Waals surface area contributed by atoms with Gasteiger partial charge in [0.2, 0.25) is 11.8 Å². The minimum Gasteiger partial charge on any atom is -0.370 e. The fourth-order valence-electron chi connectivity index (χ4n) is 0. The number of carbonyl (C=O) groups is 2. The molecular weight excluding hydrogens is 108 g/mol. The topological polar surface area (TPSA) is 86.2 Å². The molecule has 0 aromatic rings. The van der Waals surface area contributed by atoms with Crippen molar-refractivity contribution in [3.63, 3.8) is 0 Å². The Hall–Kier alpha value is -1.06. The molecule has 0 saturated carbocycles. The van der Waals surface area contributed by atoms with Crippen molar-refractivity contribution in [2.24, 2.45) is 11.5 Å². The molecule has 0 fully saturated rings. The Morgan fingerprint density at radius 2 is 1.00 bits per heavy atom. The molecule has 0 bridgehead atoms. The Bertz CT molecular complexity index is 70.0. The minimum atomic E-state index is -0.333. The fraction of sp³-hybridized carbons (Fsp3) is 0.500. The van der Waals surface area contributed by atoms with Crippen molar-refractivity contribution in [1.82, 2.24) is 0 Å². The second kappa shape index (κ2) is 5.94. The molecule has 0 saturated heterocycles. The Morgan fingerprint density at radius 1 is 1.00 bits per heavy atom. The van der Waals surface area contributed by atoms with E-state index in [0.717, 1.165) is 0 Å². The normalized spacial score (nSPS) is 6.25. The molecule has 0 heterocycles. The predicted octanol–water partition coefficient (Wildman–Crippen LogP) is -1.02. The molecule has 2 amide bonds. The molecule has 0 aliphatic carbocycles. The molecule has 8 heavy (non-hydrogen) atoms. The second-order valence-electron chi connectivity index (χ2n) is 1.22. The molecule has 4 heteroatoms. The number of amides is 2. The van der Waals surface area contributed by atoms with E-state index in [4.69, 9.17) is 0 Å². The summed E-state index contributed by atoms with van der Waals surface area (Å²) in [6.45, 7) is 2.61. The van der Waals surface area contributed by atoms with E-state index >= 15 is 0 Å². The molecule has 0 unspecified atom stereocenters. The lowest BCUT2D eigenvalue weighted by molar-refractivity contribution is -0.116. The van der Waals surface area contributed by atoms with Crippen molar-refractivity contribution in [2.75, 3.05) is 0 Å². The van der Waals surface area contributed by atoms with Crippen LogP contribution < -0.4 is 11.5 Å². The van der Waals surface area contributed by atoms with Gasteiger partial charge in [0.1, 0.15) is 0 Å². The smallest absolute Gasteiger partial charge is 0.214 e. The van der Waals surface area contributed by atoms with Crippen LogP contribution in [0.25, 0.3) is 0 Å². The molecule has 0 aromatic heterocycles.